The predicted molar refractivity (Wildman–Crippen MR) is 141 cm³/mol. The second-order valence-electron chi connectivity index (χ2n) is 9.51. The number of para-hydroxylation sites is 3. The van der Waals surface area contributed by atoms with E-state index in [2.05, 4.69) is 32.4 Å². The molecule has 2 aliphatic heterocycles. The number of nitrogens with zero attached hydrogens (tertiary/aromatic N) is 2. The highest BCUT2D eigenvalue weighted by Gasteiger charge is 2.46. The number of urea groups is 1. The Morgan fingerprint density at radius 3 is 2.18 bits per heavy atom. The van der Waals surface area contributed by atoms with E-state index >= 15 is 0 Å². The minimum absolute atomic E-state index is 0.156. The van der Waals surface area contributed by atoms with E-state index in [0.717, 1.165) is 36.3 Å². The van der Waals surface area contributed by atoms with Gasteiger partial charge in [-0.3, -0.25) is 0 Å². The number of piperidine rings is 1. The topological polar surface area (TPSA) is 83.1 Å². The summed E-state index contributed by atoms with van der Waals surface area (Å²) in [5, 5.41) is 5.51. The van der Waals surface area contributed by atoms with Crippen LogP contribution in [-0.4, -0.2) is 50.1 Å². The minimum atomic E-state index is -4.79. The van der Waals surface area contributed by atoms with Crippen molar-refractivity contribution in [3.8, 4) is 5.75 Å². The van der Waals surface area contributed by atoms with Crippen LogP contribution in [0.15, 0.2) is 72.8 Å². The lowest BCUT2D eigenvalue weighted by Crippen LogP contribution is -2.46. The van der Waals surface area contributed by atoms with Gasteiger partial charge in [-0.05, 0) is 60.9 Å². The molecule has 0 radical (unpaired) electrons. The van der Waals surface area contributed by atoms with Gasteiger partial charge in [0.25, 0.3) is 0 Å². The Hall–Kier alpha value is -4.41. The van der Waals surface area contributed by atoms with Crippen molar-refractivity contribution in [3.63, 3.8) is 0 Å². The van der Waals surface area contributed by atoms with Gasteiger partial charge >= 0.3 is 18.5 Å². The SMILES string of the molecule is COC(=O)N1CCC2(CC1)CN(c1ccccc1NC(=O)Nc1ccc(OC(F)(F)F)cc1)c1ccccc12. The first-order chi connectivity index (χ1) is 18.7. The molecule has 0 atom stereocenters. The number of fused-ring (bicyclic) bond motifs is 2. The molecule has 1 fully saturated rings. The summed E-state index contributed by atoms with van der Waals surface area (Å²) < 4.78 is 46.0. The number of ether oxygens (including phenoxy) is 2. The zero-order valence-corrected chi connectivity index (χ0v) is 21.1. The molecule has 8 nitrogen and oxygen atoms in total. The van der Waals surface area contributed by atoms with Crippen LogP contribution in [0.3, 0.4) is 0 Å². The summed E-state index contributed by atoms with van der Waals surface area (Å²) in [5.74, 6) is -0.377. The Labute approximate surface area is 223 Å². The van der Waals surface area contributed by atoms with Crippen LogP contribution in [0.2, 0.25) is 0 Å². The molecule has 2 N–H and O–H groups in total. The molecule has 0 bridgehead atoms. The zero-order valence-electron chi connectivity index (χ0n) is 21.1. The molecule has 3 aromatic rings. The van der Waals surface area contributed by atoms with Gasteiger partial charge in [0.2, 0.25) is 0 Å². The highest BCUT2D eigenvalue weighted by molar-refractivity contribution is 6.02. The van der Waals surface area contributed by atoms with Crippen LogP contribution in [-0.2, 0) is 10.2 Å². The van der Waals surface area contributed by atoms with E-state index in [0.29, 0.717) is 31.0 Å². The number of hydrogen-bond donors (Lipinski definition) is 2. The van der Waals surface area contributed by atoms with Gasteiger partial charge in [-0.25, -0.2) is 9.59 Å². The van der Waals surface area contributed by atoms with Crippen molar-refractivity contribution >= 4 is 34.9 Å². The van der Waals surface area contributed by atoms with Gasteiger partial charge in [0.1, 0.15) is 5.75 Å². The van der Waals surface area contributed by atoms with Gasteiger partial charge in [0.05, 0.1) is 18.5 Å². The number of anilines is 4. The molecule has 3 amide bonds. The van der Waals surface area contributed by atoms with Gasteiger partial charge in [-0.2, -0.15) is 0 Å². The molecule has 0 unspecified atom stereocenters. The van der Waals surface area contributed by atoms with E-state index in [4.69, 9.17) is 4.74 Å². The number of methoxy groups -OCH3 is 1. The molecule has 2 heterocycles. The number of likely N-dealkylation sites (tertiary alicyclic amines) is 1. The average Bonchev–Trinajstić information content (AvgIpc) is 3.23. The van der Waals surface area contributed by atoms with E-state index < -0.39 is 12.4 Å². The van der Waals surface area contributed by atoms with Crippen molar-refractivity contribution in [1.82, 2.24) is 4.90 Å². The summed E-state index contributed by atoms with van der Waals surface area (Å²) in [6.45, 7) is 1.86. The maximum absolute atomic E-state index is 12.8. The van der Waals surface area contributed by atoms with E-state index in [1.54, 1.807) is 11.0 Å². The smallest absolute Gasteiger partial charge is 0.453 e. The molecule has 1 saturated heterocycles. The number of hydrogen-bond acceptors (Lipinski definition) is 5. The molecule has 11 heteroatoms. The molecular weight excluding hydrogens is 513 g/mol. The highest BCUT2D eigenvalue weighted by atomic mass is 19.4. The Bertz CT molecular complexity index is 1360. The van der Waals surface area contributed by atoms with Crippen molar-refractivity contribution < 1.29 is 32.2 Å². The van der Waals surface area contributed by atoms with Crippen molar-refractivity contribution in [1.29, 1.82) is 0 Å². The lowest BCUT2D eigenvalue weighted by Gasteiger charge is -2.39. The number of rotatable bonds is 4. The summed E-state index contributed by atoms with van der Waals surface area (Å²) >= 11 is 0. The lowest BCUT2D eigenvalue weighted by atomic mass is 9.74. The first kappa shape index (κ1) is 26.2. The largest absolute Gasteiger partial charge is 0.573 e. The molecule has 0 aliphatic carbocycles. The van der Waals surface area contributed by atoms with Crippen molar-refractivity contribution in [3.05, 3.63) is 78.4 Å². The summed E-state index contributed by atoms with van der Waals surface area (Å²) in [4.78, 5) is 28.8. The third-order valence-corrected chi connectivity index (χ3v) is 7.17. The van der Waals surface area contributed by atoms with Crippen molar-refractivity contribution in [2.45, 2.75) is 24.6 Å². The van der Waals surface area contributed by atoms with Crippen molar-refractivity contribution in [2.75, 3.05) is 42.3 Å². The fourth-order valence-corrected chi connectivity index (χ4v) is 5.36. The summed E-state index contributed by atoms with van der Waals surface area (Å²) in [7, 11) is 1.39. The fraction of sp³-hybridized carbons (Fsp3) is 0.286. The normalized spacial score (nSPS) is 16.0. The number of carbonyl (C=O) groups is 2. The van der Waals surface area contributed by atoms with Gasteiger partial charge < -0.3 is 29.9 Å². The molecule has 204 valence electrons. The monoisotopic (exact) mass is 540 g/mol. The molecule has 1 spiro atoms. The summed E-state index contributed by atoms with van der Waals surface area (Å²) in [5.41, 5.74) is 3.78. The number of amides is 3. The second-order valence-corrected chi connectivity index (χ2v) is 9.51. The molecule has 2 aliphatic rings. The van der Waals surface area contributed by atoms with E-state index in [-0.39, 0.29) is 17.3 Å². The van der Waals surface area contributed by atoms with Crippen LogP contribution in [0.1, 0.15) is 18.4 Å². The highest BCUT2D eigenvalue weighted by Crippen LogP contribution is 2.50. The number of benzene rings is 3. The van der Waals surface area contributed by atoms with Crippen LogP contribution >= 0.6 is 0 Å². The van der Waals surface area contributed by atoms with Gasteiger partial charge in [0.15, 0.2) is 0 Å². The standard InChI is InChI=1S/C28H27F3N4O4/c1-38-26(37)34-16-14-27(15-17-34)18-35(23-8-4-2-6-21(23)27)24-9-5-3-7-22(24)33-25(36)32-19-10-12-20(13-11-19)39-28(29,30)31/h2-13H,14-18H2,1H3,(H2,32,33,36). The quantitative estimate of drug-likeness (QED) is 0.396. The van der Waals surface area contributed by atoms with E-state index in [1.807, 2.05) is 30.3 Å². The van der Waals surface area contributed by atoms with Gasteiger partial charge in [0, 0.05) is 36.4 Å². The number of carbonyl (C=O) groups excluding carboxylic acids is 2. The van der Waals surface area contributed by atoms with Crippen LogP contribution in [0, 0.1) is 0 Å². The first-order valence-electron chi connectivity index (χ1n) is 12.4. The Morgan fingerprint density at radius 2 is 1.51 bits per heavy atom. The van der Waals surface area contributed by atoms with Crippen LogP contribution in [0.4, 0.5) is 45.5 Å². The first-order valence-corrected chi connectivity index (χ1v) is 12.4. The van der Waals surface area contributed by atoms with Crippen LogP contribution in [0.25, 0.3) is 0 Å². The molecule has 0 saturated carbocycles. The Morgan fingerprint density at radius 1 is 0.872 bits per heavy atom. The summed E-state index contributed by atoms with van der Waals surface area (Å²) in [6.07, 6.45) is -3.56. The Balaban J connectivity index is 1.33. The number of nitrogens with one attached hydrogen (secondary N) is 2. The zero-order chi connectivity index (χ0) is 27.6. The third-order valence-electron chi connectivity index (χ3n) is 7.17. The third kappa shape index (κ3) is 5.57. The molecule has 39 heavy (non-hydrogen) atoms. The van der Waals surface area contributed by atoms with Gasteiger partial charge in [-0.15, -0.1) is 13.2 Å². The fourth-order valence-electron chi connectivity index (χ4n) is 5.36. The second kappa shape index (κ2) is 10.4. The maximum Gasteiger partial charge on any atom is 0.573 e. The van der Waals surface area contributed by atoms with Gasteiger partial charge in [-0.1, -0.05) is 30.3 Å². The number of halogens is 3. The Kier molecular flexibility index (Phi) is 6.98. The summed E-state index contributed by atoms with van der Waals surface area (Å²) in [6, 6.07) is 20.0. The average molecular weight is 541 g/mol. The molecule has 3 aromatic carbocycles. The molecule has 0 aromatic heterocycles. The maximum atomic E-state index is 12.8. The lowest BCUT2D eigenvalue weighted by molar-refractivity contribution is -0.274. The van der Waals surface area contributed by atoms with E-state index in [9.17, 15) is 22.8 Å². The predicted octanol–water partition coefficient (Wildman–Crippen LogP) is 6.48. The minimum Gasteiger partial charge on any atom is -0.453 e. The van der Waals surface area contributed by atoms with Crippen LogP contribution in [0.5, 0.6) is 5.75 Å². The van der Waals surface area contributed by atoms with Crippen LogP contribution < -0.4 is 20.3 Å². The van der Waals surface area contributed by atoms with Crippen molar-refractivity contribution in [2.24, 2.45) is 0 Å². The molecular formula is C28H27F3N4O4. The van der Waals surface area contributed by atoms with E-state index in [1.165, 1.54) is 24.8 Å². The molecule has 5 rings (SSSR count). The number of alkyl halides is 3.